The lowest BCUT2D eigenvalue weighted by Crippen LogP contribution is -2.59. The van der Waals surface area contributed by atoms with Crippen LogP contribution in [-0.4, -0.2) is 54.0 Å². The second kappa shape index (κ2) is 6.48. The number of hydrogen-bond donors (Lipinski definition) is 0. The first-order valence-corrected chi connectivity index (χ1v) is 10.3. The van der Waals surface area contributed by atoms with Crippen molar-refractivity contribution in [2.24, 2.45) is 11.3 Å². The summed E-state index contributed by atoms with van der Waals surface area (Å²) in [5.41, 5.74) is -1.36. The Hall–Kier alpha value is -1.07. The summed E-state index contributed by atoms with van der Waals surface area (Å²) >= 11 is 0. The summed E-state index contributed by atoms with van der Waals surface area (Å²) in [5, 5.41) is 0. The molecule has 2 saturated heterocycles. The van der Waals surface area contributed by atoms with E-state index in [4.69, 9.17) is 0 Å². The lowest BCUT2D eigenvalue weighted by Gasteiger charge is -2.48. The zero-order valence-corrected chi connectivity index (χ0v) is 16.6. The fourth-order valence-corrected chi connectivity index (χ4v) is 5.29. The summed E-state index contributed by atoms with van der Waals surface area (Å²) in [4.78, 5) is 4.01. The molecule has 2 nitrogen and oxygen atoms in total. The number of alkyl halides is 3. The fraction of sp³-hybridized carbons (Fsp3) is 0.727. The van der Waals surface area contributed by atoms with Crippen molar-refractivity contribution in [1.82, 2.24) is 9.80 Å². The number of rotatable bonds is 5. The smallest absolute Gasteiger partial charge is 0.266 e. The Morgan fingerprint density at radius 3 is 2.26 bits per heavy atom. The Morgan fingerprint density at radius 2 is 1.67 bits per heavy atom. The number of likely N-dealkylation sites (tertiary alicyclic amines) is 2. The molecule has 1 spiro atoms. The average molecular weight is 380 g/mol. The summed E-state index contributed by atoms with van der Waals surface area (Å²) in [5.74, 6) is -2.54. The van der Waals surface area contributed by atoms with Crippen LogP contribution in [0.1, 0.15) is 45.6 Å². The maximum absolute atomic E-state index is 15.0. The molecule has 3 aliphatic rings. The summed E-state index contributed by atoms with van der Waals surface area (Å²) in [6.45, 7) is 7.44. The highest BCUT2D eigenvalue weighted by Crippen LogP contribution is 2.67. The summed E-state index contributed by atoms with van der Waals surface area (Å²) in [6, 6.07) is 9.61. The summed E-state index contributed by atoms with van der Waals surface area (Å²) < 4.78 is 44.8. The van der Waals surface area contributed by atoms with Crippen molar-refractivity contribution in [3.8, 4) is 0 Å². The van der Waals surface area contributed by atoms with Gasteiger partial charge >= 0.3 is 0 Å². The topological polar surface area (TPSA) is 6.48 Å². The highest BCUT2D eigenvalue weighted by atomic mass is 19.3. The van der Waals surface area contributed by atoms with Crippen molar-refractivity contribution in [3.63, 3.8) is 0 Å². The second-order valence-corrected chi connectivity index (χ2v) is 9.40. The van der Waals surface area contributed by atoms with Gasteiger partial charge < -0.3 is 0 Å². The molecule has 0 amide bonds. The molecule has 5 heteroatoms. The van der Waals surface area contributed by atoms with Crippen LogP contribution >= 0.6 is 0 Å². The largest absolute Gasteiger partial charge is 0.295 e. The van der Waals surface area contributed by atoms with Crippen LogP contribution in [0.5, 0.6) is 0 Å². The molecule has 3 fully saturated rings. The van der Waals surface area contributed by atoms with E-state index >= 15 is 4.39 Å². The van der Waals surface area contributed by atoms with Crippen LogP contribution in [0.3, 0.4) is 0 Å². The lowest BCUT2D eigenvalue weighted by molar-refractivity contribution is -0.138. The van der Waals surface area contributed by atoms with E-state index in [-0.39, 0.29) is 24.5 Å². The quantitative estimate of drug-likeness (QED) is 0.730. The lowest BCUT2D eigenvalue weighted by atomic mass is 9.83. The minimum absolute atomic E-state index is 0.0724. The van der Waals surface area contributed by atoms with Crippen molar-refractivity contribution < 1.29 is 13.2 Å². The molecule has 0 aromatic heterocycles. The van der Waals surface area contributed by atoms with Gasteiger partial charge in [0.05, 0.1) is 6.54 Å². The van der Waals surface area contributed by atoms with Crippen LogP contribution in [0.25, 0.3) is 0 Å². The van der Waals surface area contributed by atoms with Crippen LogP contribution in [0, 0.1) is 11.3 Å². The molecular weight excluding hydrogens is 349 g/mol. The zero-order valence-electron chi connectivity index (χ0n) is 16.6. The number of hydrogen-bond acceptors (Lipinski definition) is 2. The maximum atomic E-state index is 15.0. The van der Waals surface area contributed by atoms with Gasteiger partial charge in [-0.3, -0.25) is 9.80 Å². The molecule has 4 rings (SSSR count). The van der Waals surface area contributed by atoms with Gasteiger partial charge in [0, 0.05) is 30.6 Å². The van der Waals surface area contributed by atoms with Gasteiger partial charge in [0.25, 0.3) is 5.92 Å². The number of benzene rings is 1. The third kappa shape index (κ3) is 3.21. The second-order valence-electron chi connectivity index (χ2n) is 9.40. The van der Waals surface area contributed by atoms with E-state index in [0.717, 1.165) is 18.5 Å². The number of piperidine rings is 1. The van der Waals surface area contributed by atoms with E-state index in [9.17, 15) is 8.78 Å². The maximum Gasteiger partial charge on any atom is 0.266 e. The molecule has 1 aromatic carbocycles. The van der Waals surface area contributed by atoms with Gasteiger partial charge in [-0.2, -0.15) is 0 Å². The molecule has 150 valence electrons. The zero-order chi connectivity index (χ0) is 19.4. The predicted octanol–water partition coefficient (Wildman–Crippen LogP) is 4.70. The molecule has 1 aromatic rings. The monoisotopic (exact) mass is 380 g/mol. The van der Waals surface area contributed by atoms with Crippen LogP contribution in [-0.2, 0) is 5.67 Å². The van der Waals surface area contributed by atoms with Crippen molar-refractivity contribution in [2.45, 2.75) is 63.7 Å². The molecule has 1 aliphatic carbocycles. The Bertz CT molecular complexity index is 671. The summed E-state index contributed by atoms with van der Waals surface area (Å²) in [7, 11) is 0. The van der Waals surface area contributed by atoms with Gasteiger partial charge in [-0.15, -0.1) is 0 Å². The van der Waals surface area contributed by atoms with Crippen molar-refractivity contribution >= 4 is 0 Å². The SMILES string of the molecule is CC(C)N1CCC2(CC2CC(C)N2CC(F)(c3ccccc3)C2)C(F)(F)C1. The third-order valence-corrected chi connectivity index (χ3v) is 7.39. The highest BCUT2D eigenvalue weighted by molar-refractivity contribution is 5.26. The van der Waals surface area contributed by atoms with Gasteiger partial charge in [-0.25, -0.2) is 13.2 Å². The first-order valence-electron chi connectivity index (χ1n) is 10.3. The Morgan fingerprint density at radius 1 is 1.00 bits per heavy atom. The predicted molar refractivity (Wildman–Crippen MR) is 102 cm³/mol. The van der Waals surface area contributed by atoms with Crippen LogP contribution in [0.4, 0.5) is 13.2 Å². The Kier molecular flexibility index (Phi) is 4.62. The standard InChI is InChI=1S/C22H31F3N2/c1-16(2)26-10-9-20(22(24,25)15-26)12-19(20)11-17(3)27-13-21(23,14-27)18-7-5-4-6-8-18/h4-8,16-17,19H,9-15H2,1-3H3. The van der Waals surface area contributed by atoms with Crippen molar-refractivity contribution in [1.29, 1.82) is 0 Å². The normalized spacial score (nSPS) is 33.8. The van der Waals surface area contributed by atoms with Crippen LogP contribution < -0.4 is 0 Å². The molecule has 3 unspecified atom stereocenters. The van der Waals surface area contributed by atoms with Gasteiger partial charge in [0.2, 0.25) is 0 Å². The van der Waals surface area contributed by atoms with Gasteiger partial charge in [-0.05, 0) is 58.1 Å². The number of halogens is 3. The first kappa shape index (κ1) is 19.3. The van der Waals surface area contributed by atoms with E-state index in [2.05, 4.69) is 11.8 Å². The molecule has 0 N–H and O–H groups in total. The van der Waals surface area contributed by atoms with Crippen LogP contribution in [0.15, 0.2) is 30.3 Å². The van der Waals surface area contributed by atoms with E-state index in [1.807, 2.05) is 49.1 Å². The molecule has 0 bridgehead atoms. The van der Waals surface area contributed by atoms with Crippen molar-refractivity contribution in [2.75, 3.05) is 26.2 Å². The highest BCUT2D eigenvalue weighted by Gasteiger charge is 2.70. The molecule has 0 radical (unpaired) electrons. The van der Waals surface area contributed by atoms with E-state index < -0.39 is 17.0 Å². The molecule has 27 heavy (non-hydrogen) atoms. The average Bonchev–Trinajstić information content (AvgIpc) is 3.29. The first-order chi connectivity index (χ1) is 12.7. The molecule has 2 heterocycles. The third-order valence-electron chi connectivity index (χ3n) is 7.39. The Balaban J connectivity index is 1.33. The van der Waals surface area contributed by atoms with E-state index in [0.29, 0.717) is 25.9 Å². The van der Waals surface area contributed by atoms with Gasteiger partial charge in [0.1, 0.15) is 0 Å². The van der Waals surface area contributed by atoms with E-state index in [1.54, 1.807) is 0 Å². The van der Waals surface area contributed by atoms with Crippen LogP contribution in [0.2, 0.25) is 0 Å². The number of nitrogens with zero attached hydrogens (tertiary/aromatic N) is 2. The molecule has 2 aliphatic heterocycles. The van der Waals surface area contributed by atoms with Gasteiger partial charge in [-0.1, -0.05) is 30.3 Å². The fourth-order valence-electron chi connectivity index (χ4n) is 5.29. The van der Waals surface area contributed by atoms with Gasteiger partial charge in [0.15, 0.2) is 5.67 Å². The minimum atomic E-state index is -2.61. The Labute approximate surface area is 160 Å². The molecule has 1 saturated carbocycles. The van der Waals surface area contributed by atoms with Crippen molar-refractivity contribution in [3.05, 3.63) is 35.9 Å². The molecule has 3 atom stereocenters. The summed E-state index contributed by atoms with van der Waals surface area (Å²) in [6.07, 6.45) is 1.97. The molecular formula is C22H31F3N2. The minimum Gasteiger partial charge on any atom is -0.295 e. The van der Waals surface area contributed by atoms with E-state index in [1.165, 1.54) is 0 Å².